The Morgan fingerprint density at radius 2 is 1.52 bits per heavy atom. The fraction of sp³-hybridized carbons (Fsp3) is 0.143. The number of alkyl halides is 3. The van der Waals surface area contributed by atoms with Crippen LogP contribution in [0, 0.1) is 11.6 Å². The molecule has 0 aromatic heterocycles. The second-order valence-electron chi connectivity index (χ2n) is 4.15. The first-order valence-corrected chi connectivity index (χ1v) is 5.75. The van der Waals surface area contributed by atoms with E-state index < -0.39 is 30.0 Å². The molecule has 0 saturated carbocycles. The predicted octanol–water partition coefficient (Wildman–Crippen LogP) is 4.27. The number of halogens is 5. The van der Waals surface area contributed by atoms with Gasteiger partial charge in [0.2, 0.25) is 0 Å². The average molecular weight is 304 g/mol. The Kier molecular flexibility index (Phi) is 4.13. The summed E-state index contributed by atoms with van der Waals surface area (Å²) < 4.78 is 69.2. The molecule has 2 aromatic carbocycles. The Labute approximate surface area is 116 Å². The second kappa shape index (κ2) is 5.69. The Hall–Kier alpha value is -2.15. The molecular formula is C14H9F5O2. The maximum Gasteiger partial charge on any atom is 0.416 e. The first-order chi connectivity index (χ1) is 9.81. The lowest BCUT2D eigenvalue weighted by Gasteiger charge is -2.13. The molecule has 21 heavy (non-hydrogen) atoms. The summed E-state index contributed by atoms with van der Waals surface area (Å²) in [5.41, 5.74) is -1.36. The fourth-order valence-electron chi connectivity index (χ4n) is 1.70. The van der Waals surface area contributed by atoms with Gasteiger partial charge in [-0.2, -0.15) is 13.2 Å². The van der Waals surface area contributed by atoms with Gasteiger partial charge in [-0.25, -0.2) is 8.78 Å². The highest BCUT2D eigenvalue weighted by Gasteiger charge is 2.33. The third-order valence-corrected chi connectivity index (χ3v) is 2.68. The first-order valence-electron chi connectivity index (χ1n) is 5.75. The van der Waals surface area contributed by atoms with Gasteiger partial charge in [-0.3, -0.25) is 0 Å². The van der Waals surface area contributed by atoms with E-state index in [-0.39, 0.29) is 17.1 Å². The molecular weight excluding hydrogens is 295 g/mol. The zero-order valence-corrected chi connectivity index (χ0v) is 10.4. The number of rotatable bonds is 3. The van der Waals surface area contributed by atoms with Gasteiger partial charge in [-0.05, 0) is 29.8 Å². The Balaban J connectivity index is 2.34. The van der Waals surface area contributed by atoms with Crippen LogP contribution in [0.1, 0.15) is 11.1 Å². The molecule has 0 aliphatic carbocycles. The van der Waals surface area contributed by atoms with Crippen LogP contribution < -0.4 is 4.74 Å². The van der Waals surface area contributed by atoms with Crippen LogP contribution in [-0.4, -0.2) is 5.11 Å². The van der Waals surface area contributed by atoms with Gasteiger partial charge in [-0.15, -0.1) is 0 Å². The molecule has 1 N–H and O–H groups in total. The summed E-state index contributed by atoms with van der Waals surface area (Å²) in [7, 11) is 0. The Morgan fingerprint density at radius 3 is 2.10 bits per heavy atom. The lowest BCUT2D eigenvalue weighted by atomic mass is 10.1. The van der Waals surface area contributed by atoms with Crippen LogP contribution in [0.3, 0.4) is 0 Å². The number of aliphatic hydroxyl groups excluding tert-OH is 1. The Bertz CT molecular complexity index is 652. The minimum Gasteiger partial charge on any atom is -0.457 e. The SMILES string of the molecule is OCc1ccc(Oc2ccc(F)c(F)c2)cc1C(F)(F)F. The van der Waals surface area contributed by atoms with Gasteiger partial charge in [0.05, 0.1) is 12.2 Å². The van der Waals surface area contributed by atoms with Crippen LogP contribution in [0.25, 0.3) is 0 Å². The summed E-state index contributed by atoms with van der Waals surface area (Å²) >= 11 is 0. The Morgan fingerprint density at radius 1 is 0.905 bits per heavy atom. The zero-order chi connectivity index (χ0) is 15.6. The van der Waals surface area contributed by atoms with Gasteiger partial charge in [0, 0.05) is 6.07 Å². The average Bonchev–Trinajstić information content (AvgIpc) is 2.42. The van der Waals surface area contributed by atoms with Crippen molar-refractivity contribution in [3.8, 4) is 11.5 Å². The van der Waals surface area contributed by atoms with Crippen LogP contribution >= 0.6 is 0 Å². The van der Waals surface area contributed by atoms with Crippen molar-refractivity contribution in [2.24, 2.45) is 0 Å². The van der Waals surface area contributed by atoms with Crippen LogP contribution in [0.2, 0.25) is 0 Å². The molecule has 0 amide bonds. The largest absolute Gasteiger partial charge is 0.457 e. The number of hydrogen-bond acceptors (Lipinski definition) is 2. The van der Waals surface area contributed by atoms with E-state index in [1.54, 1.807) is 0 Å². The molecule has 2 nitrogen and oxygen atoms in total. The van der Waals surface area contributed by atoms with Crippen molar-refractivity contribution < 1.29 is 31.8 Å². The lowest BCUT2D eigenvalue weighted by molar-refractivity contribution is -0.138. The van der Waals surface area contributed by atoms with Crippen LogP contribution in [0.15, 0.2) is 36.4 Å². The summed E-state index contributed by atoms with van der Waals surface area (Å²) in [6.45, 7) is -0.777. The summed E-state index contributed by atoms with van der Waals surface area (Å²) in [5.74, 6) is -2.60. The van der Waals surface area contributed by atoms with Crippen molar-refractivity contribution in [3.63, 3.8) is 0 Å². The van der Waals surface area contributed by atoms with Crippen molar-refractivity contribution in [2.75, 3.05) is 0 Å². The van der Waals surface area contributed by atoms with Gasteiger partial charge in [-0.1, -0.05) is 6.07 Å². The molecule has 0 heterocycles. The van der Waals surface area contributed by atoms with Gasteiger partial charge in [0.1, 0.15) is 11.5 Å². The number of benzene rings is 2. The minimum atomic E-state index is -4.66. The van der Waals surface area contributed by atoms with E-state index in [0.717, 1.165) is 24.3 Å². The van der Waals surface area contributed by atoms with Gasteiger partial charge in [0.25, 0.3) is 0 Å². The molecule has 0 spiro atoms. The summed E-state index contributed by atoms with van der Waals surface area (Å²) in [6.07, 6.45) is -4.66. The van der Waals surface area contributed by atoms with E-state index in [4.69, 9.17) is 9.84 Å². The summed E-state index contributed by atoms with van der Waals surface area (Å²) in [6, 6.07) is 5.55. The van der Waals surface area contributed by atoms with Crippen molar-refractivity contribution in [1.82, 2.24) is 0 Å². The van der Waals surface area contributed by atoms with Crippen molar-refractivity contribution in [1.29, 1.82) is 0 Å². The van der Waals surface area contributed by atoms with Gasteiger partial charge >= 0.3 is 6.18 Å². The van der Waals surface area contributed by atoms with Crippen molar-refractivity contribution in [3.05, 3.63) is 59.2 Å². The van der Waals surface area contributed by atoms with E-state index in [9.17, 15) is 22.0 Å². The van der Waals surface area contributed by atoms with Crippen LogP contribution in [-0.2, 0) is 12.8 Å². The summed E-state index contributed by atoms with van der Waals surface area (Å²) in [5, 5.41) is 8.90. The molecule has 2 aromatic rings. The smallest absolute Gasteiger partial charge is 0.416 e. The molecule has 0 radical (unpaired) electrons. The predicted molar refractivity (Wildman–Crippen MR) is 63.8 cm³/mol. The third-order valence-electron chi connectivity index (χ3n) is 2.68. The highest BCUT2D eigenvalue weighted by atomic mass is 19.4. The zero-order valence-electron chi connectivity index (χ0n) is 10.4. The third kappa shape index (κ3) is 3.49. The topological polar surface area (TPSA) is 29.5 Å². The summed E-state index contributed by atoms with van der Waals surface area (Å²) in [4.78, 5) is 0. The standard InChI is InChI=1S/C14H9F5O2/c15-12-4-3-10(6-13(12)16)21-9-2-1-8(7-20)11(5-9)14(17,18)19/h1-6,20H,7H2. The maximum absolute atomic E-state index is 13.0. The van der Waals surface area contributed by atoms with Crippen molar-refractivity contribution in [2.45, 2.75) is 12.8 Å². The molecule has 0 unspecified atom stereocenters. The normalized spacial score (nSPS) is 11.5. The highest BCUT2D eigenvalue weighted by molar-refractivity contribution is 5.39. The number of aliphatic hydroxyl groups is 1. The van der Waals surface area contributed by atoms with Crippen LogP contribution in [0.4, 0.5) is 22.0 Å². The molecule has 0 bridgehead atoms. The van der Waals surface area contributed by atoms with Gasteiger partial charge in [0.15, 0.2) is 11.6 Å². The molecule has 0 fully saturated rings. The van der Waals surface area contributed by atoms with Crippen LogP contribution in [0.5, 0.6) is 11.5 Å². The second-order valence-corrected chi connectivity index (χ2v) is 4.15. The number of hydrogen-bond donors (Lipinski definition) is 1. The quantitative estimate of drug-likeness (QED) is 0.858. The molecule has 0 aliphatic heterocycles. The van der Waals surface area contributed by atoms with Gasteiger partial charge < -0.3 is 9.84 Å². The fourth-order valence-corrected chi connectivity index (χ4v) is 1.70. The highest BCUT2D eigenvalue weighted by Crippen LogP contribution is 2.35. The monoisotopic (exact) mass is 304 g/mol. The maximum atomic E-state index is 13.0. The van der Waals surface area contributed by atoms with E-state index in [2.05, 4.69) is 0 Å². The van der Waals surface area contributed by atoms with E-state index in [0.29, 0.717) is 6.07 Å². The van der Waals surface area contributed by atoms with E-state index >= 15 is 0 Å². The first kappa shape index (κ1) is 15.2. The lowest BCUT2D eigenvalue weighted by Crippen LogP contribution is -2.09. The van der Waals surface area contributed by atoms with Crippen molar-refractivity contribution >= 4 is 0 Å². The minimum absolute atomic E-state index is 0.140. The van der Waals surface area contributed by atoms with E-state index in [1.807, 2.05) is 0 Å². The molecule has 112 valence electrons. The molecule has 0 aliphatic rings. The molecule has 2 rings (SSSR count). The van der Waals surface area contributed by atoms with E-state index in [1.165, 1.54) is 6.07 Å². The molecule has 7 heteroatoms. The molecule has 0 atom stereocenters. The number of ether oxygens (including phenoxy) is 1. The molecule has 0 saturated heterocycles.